The van der Waals surface area contributed by atoms with Crippen molar-refractivity contribution in [2.24, 2.45) is 5.14 Å². The van der Waals surface area contributed by atoms with Crippen molar-refractivity contribution >= 4 is 10.0 Å². The summed E-state index contributed by atoms with van der Waals surface area (Å²) in [6.45, 7) is 4.70. The Bertz CT molecular complexity index is 282. The molecule has 1 fully saturated rings. The predicted octanol–water partition coefficient (Wildman–Crippen LogP) is 0.0424. The van der Waals surface area contributed by atoms with Crippen LogP contribution in [0.2, 0.25) is 0 Å². The molecule has 6 heteroatoms. The molecule has 0 aromatic carbocycles. The van der Waals surface area contributed by atoms with Gasteiger partial charge in [-0.15, -0.1) is 0 Å². The maximum atomic E-state index is 10.8. The van der Waals surface area contributed by atoms with Crippen LogP contribution < -0.4 is 10.6 Å². The average Bonchev–Trinajstić information content (AvgIpc) is 2.08. The fraction of sp³-hybridized carbons (Fsp3) is 1.00. The van der Waals surface area contributed by atoms with Gasteiger partial charge >= 0.3 is 0 Å². The standard InChI is InChI=1S/C9H21N3O2S/c1-8-4-3-5-9(2)12(8)11-6-7-15(10,13)14/h8-9,11H,3-7H2,1-2H3,(H2,10,13,14). The van der Waals surface area contributed by atoms with Crippen molar-refractivity contribution in [2.75, 3.05) is 12.3 Å². The summed E-state index contributed by atoms with van der Waals surface area (Å²) in [7, 11) is -3.35. The number of piperidine rings is 1. The second-order valence-electron chi connectivity index (χ2n) is 4.31. The largest absolute Gasteiger partial charge is 0.254 e. The maximum Gasteiger partial charge on any atom is 0.210 e. The second kappa shape index (κ2) is 5.25. The number of hydrazine groups is 1. The first-order valence-corrected chi connectivity index (χ1v) is 7.14. The normalized spacial score (nSPS) is 29.3. The Morgan fingerprint density at radius 3 is 2.33 bits per heavy atom. The molecular formula is C9H21N3O2S. The summed E-state index contributed by atoms with van der Waals surface area (Å²) < 4.78 is 21.5. The summed E-state index contributed by atoms with van der Waals surface area (Å²) in [6, 6.07) is 0.934. The molecule has 0 bridgehead atoms. The Morgan fingerprint density at radius 1 is 1.33 bits per heavy atom. The van der Waals surface area contributed by atoms with Gasteiger partial charge in [-0.2, -0.15) is 0 Å². The monoisotopic (exact) mass is 235 g/mol. The van der Waals surface area contributed by atoms with Gasteiger partial charge in [0.1, 0.15) is 0 Å². The molecule has 0 saturated carbocycles. The fourth-order valence-corrected chi connectivity index (χ4v) is 2.43. The molecule has 15 heavy (non-hydrogen) atoms. The van der Waals surface area contributed by atoms with Crippen molar-refractivity contribution < 1.29 is 8.42 Å². The van der Waals surface area contributed by atoms with E-state index < -0.39 is 10.0 Å². The highest BCUT2D eigenvalue weighted by molar-refractivity contribution is 7.89. The van der Waals surface area contributed by atoms with Crippen molar-refractivity contribution in [1.29, 1.82) is 0 Å². The number of nitrogens with one attached hydrogen (secondary N) is 1. The van der Waals surface area contributed by atoms with Gasteiger partial charge in [-0.3, -0.25) is 5.43 Å². The lowest BCUT2D eigenvalue weighted by atomic mass is 10.00. The smallest absolute Gasteiger partial charge is 0.210 e. The average molecular weight is 235 g/mol. The lowest BCUT2D eigenvalue weighted by molar-refractivity contribution is 0.0491. The highest BCUT2D eigenvalue weighted by Crippen LogP contribution is 2.19. The summed E-state index contributed by atoms with van der Waals surface area (Å²) in [5.74, 6) is -0.0110. The van der Waals surface area contributed by atoms with Crippen molar-refractivity contribution in [3.8, 4) is 0 Å². The maximum absolute atomic E-state index is 10.8. The van der Waals surface area contributed by atoms with Crippen LogP contribution in [0.5, 0.6) is 0 Å². The van der Waals surface area contributed by atoms with Crippen LogP contribution >= 0.6 is 0 Å². The van der Waals surface area contributed by atoms with Crippen LogP contribution in [0.15, 0.2) is 0 Å². The predicted molar refractivity (Wildman–Crippen MR) is 60.6 cm³/mol. The number of sulfonamides is 1. The molecule has 1 rings (SSSR count). The Hall–Kier alpha value is -0.170. The molecule has 0 spiro atoms. The molecule has 0 aromatic heterocycles. The van der Waals surface area contributed by atoms with E-state index in [1.807, 2.05) is 0 Å². The Morgan fingerprint density at radius 2 is 1.87 bits per heavy atom. The van der Waals surface area contributed by atoms with Gasteiger partial charge in [-0.05, 0) is 26.7 Å². The van der Waals surface area contributed by atoms with E-state index in [-0.39, 0.29) is 5.75 Å². The first kappa shape index (κ1) is 12.9. The Labute approximate surface area is 92.0 Å². The summed E-state index contributed by atoms with van der Waals surface area (Å²) in [6.07, 6.45) is 3.56. The van der Waals surface area contributed by atoms with E-state index in [1.165, 1.54) is 6.42 Å². The first-order chi connectivity index (χ1) is 6.90. The molecule has 2 atom stereocenters. The molecule has 0 amide bonds. The van der Waals surface area contributed by atoms with Gasteiger partial charge in [0.15, 0.2) is 0 Å². The number of hydrogen-bond donors (Lipinski definition) is 2. The van der Waals surface area contributed by atoms with E-state index >= 15 is 0 Å². The minimum atomic E-state index is -3.35. The molecule has 0 radical (unpaired) electrons. The quantitative estimate of drug-likeness (QED) is 0.721. The van der Waals surface area contributed by atoms with Crippen LogP contribution in [0.1, 0.15) is 33.1 Å². The molecule has 0 aliphatic carbocycles. The zero-order valence-electron chi connectivity index (χ0n) is 9.44. The van der Waals surface area contributed by atoms with Crippen LogP contribution in [-0.2, 0) is 10.0 Å². The minimum Gasteiger partial charge on any atom is -0.254 e. The summed E-state index contributed by atoms with van der Waals surface area (Å²) >= 11 is 0. The minimum absolute atomic E-state index is 0.0110. The van der Waals surface area contributed by atoms with Crippen molar-refractivity contribution in [3.05, 3.63) is 0 Å². The van der Waals surface area contributed by atoms with Crippen LogP contribution in [0.25, 0.3) is 0 Å². The zero-order chi connectivity index (χ0) is 11.5. The number of rotatable bonds is 4. The van der Waals surface area contributed by atoms with E-state index in [9.17, 15) is 8.42 Å². The van der Waals surface area contributed by atoms with E-state index in [4.69, 9.17) is 5.14 Å². The van der Waals surface area contributed by atoms with E-state index in [0.717, 1.165) is 12.8 Å². The summed E-state index contributed by atoms with van der Waals surface area (Å²) in [5.41, 5.74) is 3.15. The number of hydrogen-bond acceptors (Lipinski definition) is 4. The number of primary sulfonamides is 1. The topological polar surface area (TPSA) is 75.4 Å². The lowest BCUT2D eigenvalue weighted by Gasteiger charge is -2.39. The summed E-state index contributed by atoms with van der Waals surface area (Å²) in [4.78, 5) is 0. The van der Waals surface area contributed by atoms with Crippen molar-refractivity contribution in [3.63, 3.8) is 0 Å². The molecule has 3 N–H and O–H groups in total. The van der Waals surface area contributed by atoms with Gasteiger partial charge in [-0.1, -0.05) is 6.42 Å². The Balaban J connectivity index is 2.36. The van der Waals surface area contributed by atoms with Gasteiger partial charge in [-0.25, -0.2) is 18.6 Å². The molecule has 0 aromatic rings. The molecule has 5 nitrogen and oxygen atoms in total. The third-order valence-electron chi connectivity index (χ3n) is 2.87. The molecule has 1 aliphatic heterocycles. The number of nitrogens with two attached hydrogens (primary N) is 1. The van der Waals surface area contributed by atoms with E-state index in [1.54, 1.807) is 0 Å². The van der Waals surface area contributed by atoms with Gasteiger partial charge in [0.25, 0.3) is 0 Å². The highest BCUT2D eigenvalue weighted by Gasteiger charge is 2.24. The third-order valence-corrected chi connectivity index (χ3v) is 3.65. The molecule has 1 saturated heterocycles. The Kier molecular flexibility index (Phi) is 4.51. The lowest BCUT2D eigenvalue weighted by Crippen LogP contribution is -2.53. The molecule has 90 valence electrons. The number of nitrogens with zero attached hydrogens (tertiary/aromatic N) is 1. The van der Waals surface area contributed by atoms with Gasteiger partial charge in [0.2, 0.25) is 10.0 Å². The van der Waals surface area contributed by atoms with Gasteiger partial charge in [0.05, 0.1) is 5.75 Å². The van der Waals surface area contributed by atoms with Crippen molar-refractivity contribution in [2.45, 2.75) is 45.2 Å². The zero-order valence-corrected chi connectivity index (χ0v) is 10.3. The summed E-state index contributed by atoms with van der Waals surface area (Å²) in [5, 5.41) is 7.08. The van der Waals surface area contributed by atoms with Crippen LogP contribution in [0.4, 0.5) is 0 Å². The second-order valence-corrected chi connectivity index (χ2v) is 6.05. The molecule has 2 unspecified atom stereocenters. The fourth-order valence-electron chi connectivity index (χ4n) is 2.05. The molecule has 1 heterocycles. The molecule has 1 aliphatic rings. The van der Waals surface area contributed by atoms with E-state index in [2.05, 4.69) is 24.3 Å². The molecular weight excluding hydrogens is 214 g/mol. The SMILES string of the molecule is CC1CCCC(C)N1NCCS(N)(=O)=O. The van der Waals surface area contributed by atoms with Crippen LogP contribution in [-0.4, -0.2) is 37.8 Å². The van der Waals surface area contributed by atoms with Crippen LogP contribution in [0, 0.1) is 0 Å². The third kappa shape index (κ3) is 4.46. The van der Waals surface area contributed by atoms with Crippen molar-refractivity contribution in [1.82, 2.24) is 10.4 Å². The van der Waals surface area contributed by atoms with E-state index in [0.29, 0.717) is 18.6 Å². The van der Waals surface area contributed by atoms with Gasteiger partial charge in [0, 0.05) is 18.6 Å². The highest BCUT2D eigenvalue weighted by atomic mass is 32.2. The van der Waals surface area contributed by atoms with Crippen LogP contribution in [0.3, 0.4) is 0 Å². The first-order valence-electron chi connectivity index (χ1n) is 5.42. The van der Waals surface area contributed by atoms with Gasteiger partial charge < -0.3 is 0 Å².